The molecule has 4 nitrogen and oxygen atoms in total. The summed E-state index contributed by atoms with van der Waals surface area (Å²) in [5, 5.41) is 1.64. The Morgan fingerprint density at radius 3 is 2.34 bits per heavy atom. The third-order valence-corrected chi connectivity index (χ3v) is 6.86. The van der Waals surface area contributed by atoms with E-state index >= 15 is 0 Å². The van der Waals surface area contributed by atoms with Gasteiger partial charge in [0.2, 0.25) is 5.76 Å². The van der Waals surface area contributed by atoms with Crippen molar-refractivity contribution in [2.75, 3.05) is 4.90 Å². The molecule has 5 rings (SSSR count). The molecule has 7 heteroatoms. The highest BCUT2D eigenvalue weighted by Crippen LogP contribution is 2.43. The van der Waals surface area contributed by atoms with Gasteiger partial charge in [-0.25, -0.2) is 0 Å². The van der Waals surface area contributed by atoms with Gasteiger partial charge in [0.15, 0.2) is 5.43 Å². The van der Waals surface area contributed by atoms with Crippen molar-refractivity contribution >= 4 is 57.4 Å². The second-order valence-corrected chi connectivity index (χ2v) is 9.08. The van der Waals surface area contributed by atoms with E-state index in [-0.39, 0.29) is 16.8 Å². The number of hydrogen-bond acceptors (Lipinski definition) is 3. The van der Waals surface area contributed by atoms with Crippen molar-refractivity contribution in [2.24, 2.45) is 0 Å². The molecular weight excluding hydrogens is 469 g/mol. The highest BCUT2D eigenvalue weighted by molar-refractivity contribution is 6.42. The molecule has 0 N–H and O–H groups in total. The normalized spacial score (nSPS) is 15.5. The minimum Gasteiger partial charge on any atom is -0.450 e. The summed E-state index contributed by atoms with van der Waals surface area (Å²) >= 11 is 18.8. The summed E-state index contributed by atoms with van der Waals surface area (Å²) in [7, 11) is 0. The van der Waals surface area contributed by atoms with Crippen LogP contribution in [-0.4, -0.2) is 5.91 Å². The highest BCUT2D eigenvalue weighted by Gasteiger charge is 2.43. The lowest BCUT2D eigenvalue weighted by atomic mass is 9.98. The van der Waals surface area contributed by atoms with Gasteiger partial charge in [-0.1, -0.05) is 58.6 Å². The first-order valence-electron chi connectivity index (χ1n) is 9.88. The van der Waals surface area contributed by atoms with Crippen molar-refractivity contribution in [1.29, 1.82) is 0 Å². The fraction of sp³-hybridized carbons (Fsp3) is 0.120. The molecule has 1 amide bonds. The predicted molar refractivity (Wildman–Crippen MR) is 129 cm³/mol. The number of halogens is 3. The molecule has 1 unspecified atom stereocenters. The van der Waals surface area contributed by atoms with Gasteiger partial charge in [0.25, 0.3) is 5.91 Å². The highest BCUT2D eigenvalue weighted by atomic mass is 35.5. The zero-order chi connectivity index (χ0) is 22.7. The molecule has 1 atom stereocenters. The summed E-state index contributed by atoms with van der Waals surface area (Å²) in [5.74, 6) is -0.408. The fourth-order valence-electron chi connectivity index (χ4n) is 4.08. The van der Waals surface area contributed by atoms with Crippen LogP contribution >= 0.6 is 34.8 Å². The maximum atomic E-state index is 13.6. The first kappa shape index (κ1) is 21.1. The molecule has 1 aliphatic rings. The van der Waals surface area contributed by atoms with E-state index in [4.69, 9.17) is 39.2 Å². The van der Waals surface area contributed by atoms with Crippen molar-refractivity contribution < 1.29 is 9.21 Å². The van der Waals surface area contributed by atoms with Crippen LogP contribution in [0.1, 0.15) is 38.9 Å². The van der Waals surface area contributed by atoms with Gasteiger partial charge in [0, 0.05) is 10.7 Å². The van der Waals surface area contributed by atoms with Crippen LogP contribution < -0.4 is 10.3 Å². The summed E-state index contributed by atoms with van der Waals surface area (Å²) in [4.78, 5) is 28.7. The van der Waals surface area contributed by atoms with Crippen molar-refractivity contribution in [3.63, 3.8) is 0 Å². The number of nitrogens with zero attached hydrogens (tertiary/aromatic N) is 1. The molecule has 0 saturated carbocycles. The van der Waals surface area contributed by atoms with Gasteiger partial charge in [-0.2, -0.15) is 0 Å². The van der Waals surface area contributed by atoms with Gasteiger partial charge >= 0.3 is 0 Å². The van der Waals surface area contributed by atoms with Crippen LogP contribution in [0.4, 0.5) is 5.69 Å². The minimum absolute atomic E-state index is 0.0131. The van der Waals surface area contributed by atoms with E-state index < -0.39 is 11.9 Å². The summed E-state index contributed by atoms with van der Waals surface area (Å²) in [5.41, 5.74) is 3.36. The molecular formula is C25H16Cl3NO3. The van der Waals surface area contributed by atoms with Gasteiger partial charge in [0.1, 0.15) is 5.58 Å². The molecule has 1 aliphatic heterocycles. The van der Waals surface area contributed by atoms with Crippen LogP contribution in [-0.2, 0) is 0 Å². The van der Waals surface area contributed by atoms with E-state index in [1.165, 1.54) is 4.90 Å². The lowest BCUT2D eigenvalue weighted by Crippen LogP contribution is -2.29. The molecule has 2 heterocycles. The van der Waals surface area contributed by atoms with Crippen molar-refractivity contribution in [1.82, 2.24) is 0 Å². The Labute approximate surface area is 198 Å². The monoisotopic (exact) mass is 483 g/mol. The number of anilines is 1. The molecule has 0 aliphatic carbocycles. The Balaban J connectivity index is 1.83. The standard InChI is InChI=1S/C25H16Cl3NO3/c1-12-3-8-20-16(9-12)23(30)21-22(14-5-7-17(26)19(28)10-14)29(25(31)24(21)32-20)15-6-4-13(2)18(27)11-15/h3-11,22H,1-2H3. The molecule has 32 heavy (non-hydrogen) atoms. The van der Waals surface area contributed by atoms with Crippen LogP contribution in [0.15, 0.2) is 63.8 Å². The van der Waals surface area contributed by atoms with Gasteiger partial charge in [-0.3, -0.25) is 14.5 Å². The van der Waals surface area contributed by atoms with E-state index in [0.29, 0.717) is 37.3 Å². The summed E-state index contributed by atoms with van der Waals surface area (Å²) in [6.07, 6.45) is 0. The Morgan fingerprint density at radius 1 is 0.844 bits per heavy atom. The summed E-state index contributed by atoms with van der Waals surface area (Å²) in [6.45, 7) is 3.78. The van der Waals surface area contributed by atoms with Crippen LogP contribution in [0.5, 0.6) is 0 Å². The number of aryl methyl sites for hydroxylation is 2. The van der Waals surface area contributed by atoms with E-state index in [0.717, 1.165) is 11.1 Å². The second-order valence-electron chi connectivity index (χ2n) is 7.86. The Kier molecular flexibility index (Phi) is 5.05. The smallest absolute Gasteiger partial charge is 0.295 e. The Hall–Kier alpha value is -2.79. The number of benzene rings is 3. The first-order valence-corrected chi connectivity index (χ1v) is 11.0. The van der Waals surface area contributed by atoms with Gasteiger partial charge < -0.3 is 4.42 Å². The molecule has 0 radical (unpaired) electrons. The average molecular weight is 485 g/mol. The van der Waals surface area contributed by atoms with E-state index in [1.54, 1.807) is 42.5 Å². The molecule has 0 bridgehead atoms. The van der Waals surface area contributed by atoms with Crippen LogP contribution in [0.2, 0.25) is 15.1 Å². The van der Waals surface area contributed by atoms with Crippen LogP contribution in [0.25, 0.3) is 11.0 Å². The van der Waals surface area contributed by atoms with Crippen LogP contribution in [0, 0.1) is 13.8 Å². The number of fused-ring (bicyclic) bond motifs is 2. The lowest BCUT2D eigenvalue weighted by Gasteiger charge is -2.26. The molecule has 4 aromatic rings. The van der Waals surface area contributed by atoms with E-state index in [9.17, 15) is 9.59 Å². The fourth-order valence-corrected chi connectivity index (χ4v) is 4.56. The largest absolute Gasteiger partial charge is 0.450 e. The minimum atomic E-state index is -0.743. The SMILES string of the molecule is Cc1ccc2oc3c(c(=O)c2c1)C(c1ccc(Cl)c(Cl)c1)N(c1ccc(C)c(Cl)c1)C3=O. The quantitative estimate of drug-likeness (QED) is 0.304. The number of amides is 1. The van der Waals surface area contributed by atoms with Crippen molar-refractivity contribution in [2.45, 2.75) is 19.9 Å². The molecule has 160 valence electrons. The van der Waals surface area contributed by atoms with Crippen molar-refractivity contribution in [3.8, 4) is 0 Å². The molecule has 3 aromatic carbocycles. The van der Waals surface area contributed by atoms with Crippen molar-refractivity contribution in [3.05, 3.63) is 108 Å². The zero-order valence-electron chi connectivity index (χ0n) is 17.1. The molecule has 0 saturated heterocycles. The van der Waals surface area contributed by atoms with E-state index in [2.05, 4.69) is 0 Å². The topological polar surface area (TPSA) is 50.5 Å². The Bertz CT molecular complexity index is 1490. The third-order valence-electron chi connectivity index (χ3n) is 5.72. The average Bonchev–Trinajstić information content (AvgIpc) is 3.05. The maximum Gasteiger partial charge on any atom is 0.295 e. The molecule has 0 fully saturated rings. The lowest BCUT2D eigenvalue weighted by molar-refractivity contribution is 0.0971. The number of rotatable bonds is 2. The van der Waals surface area contributed by atoms with Gasteiger partial charge in [0.05, 0.1) is 27.0 Å². The summed E-state index contributed by atoms with van der Waals surface area (Å²) in [6, 6.07) is 15.0. The second kappa shape index (κ2) is 7.66. The Morgan fingerprint density at radius 2 is 1.62 bits per heavy atom. The maximum absolute atomic E-state index is 13.6. The molecule has 1 aromatic heterocycles. The van der Waals surface area contributed by atoms with Gasteiger partial charge in [-0.15, -0.1) is 0 Å². The number of hydrogen-bond donors (Lipinski definition) is 0. The summed E-state index contributed by atoms with van der Waals surface area (Å²) < 4.78 is 5.98. The van der Waals surface area contributed by atoms with Crippen LogP contribution in [0.3, 0.4) is 0 Å². The first-order chi connectivity index (χ1) is 15.3. The third kappa shape index (κ3) is 3.22. The zero-order valence-corrected chi connectivity index (χ0v) is 19.3. The molecule has 0 spiro atoms. The number of carbonyl (C=O) groups is 1. The predicted octanol–water partition coefficient (Wildman–Crippen LogP) is 7.12. The van der Waals surface area contributed by atoms with E-state index in [1.807, 2.05) is 26.0 Å². The number of carbonyl (C=O) groups excluding carboxylic acids is 1. The van der Waals surface area contributed by atoms with Gasteiger partial charge in [-0.05, 0) is 61.4 Å².